The Bertz CT molecular complexity index is 665. The Labute approximate surface area is 107 Å². The predicted octanol–water partition coefficient (Wildman–Crippen LogP) is 2.39. The minimum Gasteiger partial charge on any atom is -0.207 e. The van der Waals surface area contributed by atoms with Gasteiger partial charge in [0, 0.05) is 13.1 Å². The molecule has 0 N–H and O–H groups in total. The van der Waals surface area contributed by atoms with Crippen LogP contribution in [0.4, 0.5) is 0 Å². The van der Waals surface area contributed by atoms with Crippen LogP contribution < -0.4 is 0 Å². The highest BCUT2D eigenvalue weighted by atomic mass is 32.2. The predicted molar refractivity (Wildman–Crippen MR) is 69.3 cm³/mol. The first-order chi connectivity index (χ1) is 8.68. The van der Waals surface area contributed by atoms with Gasteiger partial charge in [0.05, 0.1) is 4.90 Å². The van der Waals surface area contributed by atoms with Crippen LogP contribution in [-0.2, 0) is 23.1 Å². The van der Waals surface area contributed by atoms with Gasteiger partial charge in [0.1, 0.15) is 0 Å². The quantitative estimate of drug-likeness (QED) is 0.830. The second-order valence-corrected chi connectivity index (χ2v) is 6.27. The van der Waals surface area contributed by atoms with Crippen molar-refractivity contribution >= 4 is 10.0 Å². The highest BCUT2D eigenvalue weighted by molar-refractivity contribution is 7.89. The first kappa shape index (κ1) is 11.4. The Hall–Kier alpha value is -1.65. The molecule has 1 heterocycles. The number of nitrogens with zero attached hydrogens (tertiary/aromatic N) is 1. The van der Waals surface area contributed by atoms with Gasteiger partial charge in [-0.2, -0.15) is 4.31 Å². The van der Waals surface area contributed by atoms with Crippen LogP contribution in [0.5, 0.6) is 0 Å². The summed E-state index contributed by atoms with van der Waals surface area (Å²) in [5, 5.41) is 0. The van der Waals surface area contributed by atoms with Gasteiger partial charge in [0.2, 0.25) is 10.0 Å². The van der Waals surface area contributed by atoms with Crippen LogP contribution in [0.1, 0.15) is 11.1 Å². The summed E-state index contributed by atoms with van der Waals surface area (Å²) in [6.45, 7) is 0.894. The van der Waals surface area contributed by atoms with Gasteiger partial charge in [-0.1, -0.05) is 48.5 Å². The molecule has 18 heavy (non-hydrogen) atoms. The molecule has 0 spiro atoms. The zero-order valence-corrected chi connectivity index (χ0v) is 10.6. The van der Waals surface area contributed by atoms with E-state index in [9.17, 15) is 8.42 Å². The van der Waals surface area contributed by atoms with Crippen LogP contribution in [0.25, 0.3) is 0 Å². The van der Waals surface area contributed by atoms with Crippen molar-refractivity contribution in [2.24, 2.45) is 0 Å². The van der Waals surface area contributed by atoms with E-state index < -0.39 is 10.0 Å². The topological polar surface area (TPSA) is 37.4 Å². The third-order valence-corrected chi connectivity index (χ3v) is 5.03. The van der Waals surface area contributed by atoms with Gasteiger partial charge in [-0.25, -0.2) is 8.42 Å². The van der Waals surface area contributed by atoms with E-state index in [1.165, 1.54) is 4.31 Å². The van der Waals surface area contributed by atoms with Crippen molar-refractivity contribution in [2.45, 2.75) is 18.0 Å². The Morgan fingerprint density at radius 1 is 0.944 bits per heavy atom. The molecule has 1 aliphatic rings. The molecule has 2 aromatic carbocycles. The summed E-state index contributed by atoms with van der Waals surface area (Å²) >= 11 is 0. The minimum absolute atomic E-state index is 0.428. The minimum atomic E-state index is -3.31. The van der Waals surface area contributed by atoms with Crippen molar-refractivity contribution in [3.8, 4) is 0 Å². The summed E-state index contributed by atoms with van der Waals surface area (Å²) in [6, 6.07) is 16.8. The second kappa shape index (κ2) is 4.23. The molecule has 3 nitrogen and oxygen atoms in total. The molecule has 0 fully saturated rings. The first-order valence-corrected chi connectivity index (χ1v) is 7.24. The van der Waals surface area contributed by atoms with E-state index >= 15 is 0 Å². The largest absolute Gasteiger partial charge is 0.244 e. The van der Waals surface area contributed by atoms with Gasteiger partial charge in [-0.05, 0) is 17.2 Å². The lowest BCUT2D eigenvalue weighted by Crippen LogP contribution is -2.23. The van der Waals surface area contributed by atoms with E-state index in [2.05, 4.69) is 0 Å². The van der Waals surface area contributed by atoms with Gasteiger partial charge in [0.25, 0.3) is 0 Å². The molecule has 0 bridgehead atoms. The molecule has 0 atom stereocenters. The van der Waals surface area contributed by atoms with E-state index in [1.807, 2.05) is 42.5 Å². The van der Waals surface area contributed by atoms with Crippen LogP contribution in [0.2, 0.25) is 0 Å². The molecule has 3 rings (SSSR count). The zero-order valence-electron chi connectivity index (χ0n) is 9.78. The Morgan fingerprint density at radius 2 is 1.61 bits per heavy atom. The molecule has 92 valence electrons. The summed E-state index contributed by atoms with van der Waals surface area (Å²) in [5.41, 5.74) is 1.89. The summed E-state index contributed by atoms with van der Waals surface area (Å²) < 4.78 is 26.1. The lowest BCUT2D eigenvalue weighted by atomic mass is 10.2. The smallest absolute Gasteiger partial charge is 0.207 e. The molecular weight excluding hydrogens is 246 g/mol. The fourth-order valence-electron chi connectivity index (χ4n) is 2.23. The van der Waals surface area contributed by atoms with Gasteiger partial charge in [-0.3, -0.25) is 0 Å². The highest BCUT2D eigenvalue weighted by Gasteiger charge is 2.33. The molecule has 0 unspecified atom stereocenters. The van der Waals surface area contributed by atoms with Crippen molar-refractivity contribution in [1.29, 1.82) is 0 Å². The summed E-state index contributed by atoms with van der Waals surface area (Å²) in [6.07, 6.45) is 0. The number of sulfonamides is 1. The molecule has 0 radical (unpaired) electrons. The van der Waals surface area contributed by atoms with E-state index in [4.69, 9.17) is 0 Å². The Morgan fingerprint density at radius 3 is 2.33 bits per heavy atom. The number of benzene rings is 2. The van der Waals surface area contributed by atoms with Gasteiger partial charge >= 0.3 is 0 Å². The number of fused-ring (bicyclic) bond motifs is 1. The van der Waals surface area contributed by atoms with Crippen LogP contribution in [-0.4, -0.2) is 12.7 Å². The second-order valence-electron chi connectivity index (χ2n) is 4.37. The van der Waals surface area contributed by atoms with Crippen LogP contribution in [0.3, 0.4) is 0 Å². The van der Waals surface area contributed by atoms with Gasteiger partial charge < -0.3 is 0 Å². The third kappa shape index (κ3) is 1.83. The molecule has 0 aromatic heterocycles. The van der Waals surface area contributed by atoms with Crippen LogP contribution in [0.15, 0.2) is 59.5 Å². The third-order valence-electron chi connectivity index (χ3n) is 3.14. The maximum Gasteiger partial charge on any atom is 0.244 e. The van der Waals surface area contributed by atoms with Crippen molar-refractivity contribution in [1.82, 2.24) is 4.31 Å². The summed E-state index contributed by atoms with van der Waals surface area (Å²) in [7, 11) is -3.31. The first-order valence-electron chi connectivity index (χ1n) is 5.80. The molecule has 0 saturated carbocycles. The van der Waals surface area contributed by atoms with E-state index in [0.29, 0.717) is 18.0 Å². The van der Waals surface area contributed by atoms with Crippen molar-refractivity contribution in [3.05, 3.63) is 65.7 Å². The molecule has 0 aliphatic carbocycles. The molecular formula is C14H13NO2S. The van der Waals surface area contributed by atoms with E-state index in [1.54, 1.807) is 12.1 Å². The fourth-order valence-corrected chi connectivity index (χ4v) is 3.85. The number of hydrogen-bond donors (Lipinski definition) is 0. The van der Waals surface area contributed by atoms with Crippen LogP contribution >= 0.6 is 0 Å². The Balaban J connectivity index is 1.94. The summed E-state index contributed by atoms with van der Waals surface area (Å²) in [4.78, 5) is 0.445. The molecule has 1 aliphatic heterocycles. The number of rotatable bonds is 2. The lowest BCUT2D eigenvalue weighted by molar-refractivity contribution is 0.420. The van der Waals surface area contributed by atoms with E-state index in [-0.39, 0.29) is 0 Å². The normalized spacial score (nSPS) is 17.6. The Kier molecular flexibility index (Phi) is 2.69. The van der Waals surface area contributed by atoms with Gasteiger partial charge in [0.15, 0.2) is 0 Å². The highest BCUT2D eigenvalue weighted by Crippen LogP contribution is 2.30. The average molecular weight is 259 g/mol. The van der Waals surface area contributed by atoms with Crippen molar-refractivity contribution in [2.75, 3.05) is 0 Å². The van der Waals surface area contributed by atoms with Gasteiger partial charge in [-0.15, -0.1) is 0 Å². The maximum absolute atomic E-state index is 12.3. The standard InChI is InChI=1S/C14H13NO2S/c16-18(17)14-9-5-4-8-13(14)11-15(18)10-12-6-2-1-3-7-12/h1-9H,10-11H2. The van der Waals surface area contributed by atoms with Crippen LogP contribution in [0, 0.1) is 0 Å². The molecule has 0 saturated heterocycles. The molecule has 4 heteroatoms. The molecule has 2 aromatic rings. The number of hydrogen-bond acceptors (Lipinski definition) is 2. The fraction of sp³-hybridized carbons (Fsp3) is 0.143. The lowest BCUT2D eigenvalue weighted by Gasteiger charge is -2.14. The summed E-state index contributed by atoms with van der Waals surface area (Å²) in [5.74, 6) is 0. The monoisotopic (exact) mass is 259 g/mol. The SMILES string of the molecule is O=S1(=O)c2ccccc2CN1Cc1ccccc1. The van der Waals surface area contributed by atoms with Crippen molar-refractivity contribution in [3.63, 3.8) is 0 Å². The zero-order chi connectivity index (χ0) is 12.6. The molecule has 0 amide bonds. The maximum atomic E-state index is 12.3. The van der Waals surface area contributed by atoms with E-state index in [0.717, 1.165) is 11.1 Å². The average Bonchev–Trinajstić information content (AvgIpc) is 2.63. The van der Waals surface area contributed by atoms with Crippen molar-refractivity contribution < 1.29 is 8.42 Å².